The molecule has 3 aromatic rings. The molecule has 162 valence electrons. The van der Waals surface area contributed by atoms with Gasteiger partial charge in [-0.25, -0.2) is 4.68 Å². The molecule has 1 saturated heterocycles. The Morgan fingerprint density at radius 1 is 1.10 bits per heavy atom. The number of thiophene rings is 1. The summed E-state index contributed by atoms with van der Waals surface area (Å²) in [5.41, 5.74) is 2.75. The summed E-state index contributed by atoms with van der Waals surface area (Å²) >= 11 is 7.58. The highest BCUT2D eigenvalue weighted by atomic mass is 32.1. The highest BCUT2D eigenvalue weighted by Gasteiger charge is 2.30. The van der Waals surface area contributed by atoms with E-state index in [1.807, 2.05) is 4.68 Å². The van der Waals surface area contributed by atoms with E-state index in [2.05, 4.69) is 50.1 Å². The van der Waals surface area contributed by atoms with Crippen molar-refractivity contribution in [1.82, 2.24) is 24.1 Å². The van der Waals surface area contributed by atoms with Gasteiger partial charge in [-0.15, -0.1) is 16.4 Å². The smallest absolute Gasteiger partial charge is 0.199 e. The SMILES string of the molecule is S=c1n(CN2CCN(Cc3ccc4c(c3)CCO4)CC2)nc(-c2cccs2)n1C1CC1. The molecule has 1 aromatic carbocycles. The molecule has 2 fully saturated rings. The molecule has 0 amide bonds. The summed E-state index contributed by atoms with van der Waals surface area (Å²) in [7, 11) is 0. The quantitative estimate of drug-likeness (QED) is 0.524. The van der Waals surface area contributed by atoms with Crippen LogP contribution in [0.15, 0.2) is 35.7 Å². The number of fused-ring (bicyclic) bond motifs is 1. The molecular weight excluding hydrogens is 426 g/mol. The van der Waals surface area contributed by atoms with Crippen LogP contribution in [0.4, 0.5) is 0 Å². The molecule has 6 nitrogen and oxygen atoms in total. The Balaban J connectivity index is 1.11. The first-order valence-electron chi connectivity index (χ1n) is 11.2. The summed E-state index contributed by atoms with van der Waals surface area (Å²) in [6.45, 7) is 6.84. The van der Waals surface area contributed by atoms with E-state index in [0.717, 1.165) is 68.8 Å². The Morgan fingerprint density at radius 2 is 1.94 bits per heavy atom. The van der Waals surface area contributed by atoms with Crippen molar-refractivity contribution in [3.05, 3.63) is 51.6 Å². The molecule has 3 aliphatic rings. The minimum Gasteiger partial charge on any atom is -0.493 e. The molecule has 2 aliphatic heterocycles. The van der Waals surface area contributed by atoms with Crippen molar-refractivity contribution in [3.8, 4) is 16.5 Å². The van der Waals surface area contributed by atoms with Gasteiger partial charge in [-0.1, -0.05) is 18.2 Å². The average molecular weight is 454 g/mol. The minimum atomic E-state index is 0.535. The lowest BCUT2D eigenvalue weighted by Crippen LogP contribution is -2.46. The standard InChI is InChI=1S/C23H27N5OS2/c30-23-27(24-22(21-2-1-13-31-21)28(23)19-4-5-19)16-26-10-8-25(9-11-26)15-17-3-6-20-18(14-17)7-12-29-20/h1-3,6,13-14,19H,4-5,7-12,15-16H2. The van der Waals surface area contributed by atoms with E-state index in [1.54, 1.807) is 11.3 Å². The Kier molecular flexibility index (Phi) is 5.18. The molecule has 0 radical (unpaired) electrons. The monoisotopic (exact) mass is 453 g/mol. The van der Waals surface area contributed by atoms with E-state index in [0.29, 0.717) is 6.04 Å². The maximum atomic E-state index is 5.84. The van der Waals surface area contributed by atoms with E-state index in [1.165, 1.54) is 28.8 Å². The van der Waals surface area contributed by atoms with Crippen molar-refractivity contribution < 1.29 is 4.74 Å². The van der Waals surface area contributed by atoms with Crippen molar-refractivity contribution in [3.63, 3.8) is 0 Å². The second-order valence-corrected chi connectivity index (χ2v) is 10.1. The highest BCUT2D eigenvalue weighted by Crippen LogP contribution is 2.39. The van der Waals surface area contributed by atoms with Gasteiger partial charge in [0.25, 0.3) is 0 Å². The molecule has 31 heavy (non-hydrogen) atoms. The molecule has 0 atom stereocenters. The van der Waals surface area contributed by atoms with Crippen LogP contribution in [0.1, 0.15) is 30.0 Å². The van der Waals surface area contributed by atoms with Crippen molar-refractivity contribution in [2.45, 2.75) is 38.5 Å². The topological polar surface area (TPSA) is 38.5 Å². The fourth-order valence-electron chi connectivity index (χ4n) is 4.62. The molecular formula is C23H27N5OS2. The Labute approximate surface area is 191 Å². The number of nitrogens with zero attached hydrogens (tertiary/aromatic N) is 5. The average Bonchev–Trinajstić information content (AvgIpc) is 3.16. The molecule has 0 bridgehead atoms. The number of hydrogen-bond donors (Lipinski definition) is 0. The summed E-state index contributed by atoms with van der Waals surface area (Å²) in [4.78, 5) is 6.24. The zero-order valence-corrected chi connectivity index (χ0v) is 19.2. The molecule has 0 unspecified atom stereocenters. The number of piperazine rings is 1. The fourth-order valence-corrected chi connectivity index (χ4v) is 5.66. The second-order valence-electron chi connectivity index (χ2n) is 8.76. The zero-order chi connectivity index (χ0) is 20.8. The zero-order valence-electron chi connectivity index (χ0n) is 17.6. The number of benzene rings is 1. The lowest BCUT2D eigenvalue weighted by molar-refractivity contribution is 0.0980. The fraction of sp³-hybridized carbons (Fsp3) is 0.478. The van der Waals surface area contributed by atoms with Crippen LogP contribution < -0.4 is 4.74 Å². The lowest BCUT2D eigenvalue weighted by Gasteiger charge is -2.34. The maximum Gasteiger partial charge on any atom is 0.199 e. The Hall–Kier alpha value is -2.00. The second kappa shape index (κ2) is 8.16. The third-order valence-corrected chi connectivity index (χ3v) is 7.76. The summed E-state index contributed by atoms with van der Waals surface area (Å²) < 4.78 is 10.8. The van der Waals surface area contributed by atoms with E-state index in [9.17, 15) is 0 Å². The molecule has 8 heteroatoms. The van der Waals surface area contributed by atoms with Crippen LogP contribution in [0.2, 0.25) is 0 Å². The molecule has 6 rings (SSSR count). The van der Waals surface area contributed by atoms with Crippen LogP contribution in [0.25, 0.3) is 10.7 Å². The maximum absolute atomic E-state index is 5.84. The minimum absolute atomic E-state index is 0.535. The van der Waals surface area contributed by atoms with Crippen molar-refractivity contribution >= 4 is 23.6 Å². The van der Waals surface area contributed by atoms with Crippen molar-refractivity contribution in [2.75, 3.05) is 32.8 Å². The van der Waals surface area contributed by atoms with Crippen molar-refractivity contribution in [1.29, 1.82) is 0 Å². The van der Waals surface area contributed by atoms with Gasteiger partial charge in [0.2, 0.25) is 0 Å². The van der Waals surface area contributed by atoms with Crippen LogP contribution in [0, 0.1) is 4.77 Å². The van der Waals surface area contributed by atoms with Gasteiger partial charge in [-0.05, 0) is 53.7 Å². The molecule has 2 aromatic heterocycles. The largest absolute Gasteiger partial charge is 0.493 e. The predicted octanol–water partition coefficient (Wildman–Crippen LogP) is 4.19. The van der Waals surface area contributed by atoms with Gasteiger partial charge >= 0.3 is 0 Å². The Bertz CT molecular complexity index is 1120. The normalized spacial score (nSPS) is 19.5. The number of ether oxygens (including phenoxy) is 1. The first-order chi connectivity index (χ1) is 15.2. The van der Waals surface area contributed by atoms with E-state index in [-0.39, 0.29) is 0 Å². The molecule has 0 N–H and O–H groups in total. The molecule has 1 saturated carbocycles. The van der Waals surface area contributed by atoms with Crippen LogP contribution in [-0.4, -0.2) is 56.9 Å². The van der Waals surface area contributed by atoms with E-state index in [4.69, 9.17) is 22.1 Å². The molecule has 1 aliphatic carbocycles. The molecule has 4 heterocycles. The Morgan fingerprint density at radius 3 is 2.71 bits per heavy atom. The van der Waals surface area contributed by atoms with Gasteiger partial charge in [0.05, 0.1) is 18.2 Å². The predicted molar refractivity (Wildman–Crippen MR) is 125 cm³/mol. The van der Waals surface area contributed by atoms with Crippen molar-refractivity contribution in [2.24, 2.45) is 0 Å². The van der Waals surface area contributed by atoms with Gasteiger partial charge in [-0.2, -0.15) is 0 Å². The van der Waals surface area contributed by atoms with Crippen LogP contribution in [0.5, 0.6) is 5.75 Å². The van der Waals surface area contributed by atoms with Gasteiger partial charge < -0.3 is 4.74 Å². The molecule has 0 spiro atoms. The number of aromatic nitrogens is 3. The number of hydrogen-bond acceptors (Lipinski definition) is 6. The third-order valence-electron chi connectivity index (χ3n) is 6.48. The first-order valence-corrected chi connectivity index (χ1v) is 12.5. The first kappa shape index (κ1) is 19.7. The third kappa shape index (κ3) is 3.98. The summed E-state index contributed by atoms with van der Waals surface area (Å²) in [6.07, 6.45) is 3.47. The van der Waals surface area contributed by atoms with E-state index >= 15 is 0 Å². The lowest BCUT2D eigenvalue weighted by atomic mass is 10.1. The van der Waals surface area contributed by atoms with Gasteiger partial charge in [0, 0.05) is 45.2 Å². The summed E-state index contributed by atoms with van der Waals surface area (Å²) in [5.74, 6) is 2.11. The summed E-state index contributed by atoms with van der Waals surface area (Å²) in [6, 6.07) is 11.4. The highest BCUT2D eigenvalue weighted by molar-refractivity contribution is 7.71. The van der Waals surface area contributed by atoms with Gasteiger partial charge in [0.1, 0.15) is 5.75 Å². The van der Waals surface area contributed by atoms with Crippen LogP contribution in [-0.2, 0) is 19.6 Å². The van der Waals surface area contributed by atoms with E-state index < -0.39 is 0 Å². The number of rotatable bonds is 6. The van der Waals surface area contributed by atoms with Gasteiger partial charge in [0.15, 0.2) is 10.6 Å². The van der Waals surface area contributed by atoms with Crippen LogP contribution >= 0.6 is 23.6 Å². The summed E-state index contributed by atoms with van der Waals surface area (Å²) in [5, 5.41) is 7.06. The van der Waals surface area contributed by atoms with Gasteiger partial charge in [-0.3, -0.25) is 14.4 Å². The van der Waals surface area contributed by atoms with Crippen LogP contribution in [0.3, 0.4) is 0 Å².